The predicted octanol–water partition coefficient (Wildman–Crippen LogP) is 4.37. The number of halogens is 5. The lowest BCUT2D eigenvalue weighted by Gasteiger charge is -2.43. The zero-order valence-corrected chi connectivity index (χ0v) is 23.8. The van der Waals surface area contributed by atoms with E-state index in [1.165, 1.54) is 19.3 Å². The summed E-state index contributed by atoms with van der Waals surface area (Å²) in [6, 6.07) is 4.00. The summed E-state index contributed by atoms with van der Waals surface area (Å²) in [4.78, 5) is 0. The Balaban J connectivity index is 0.00000364. The maximum absolute atomic E-state index is 6.01. The minimum absolute atomic E-state index is 0. The molecule has 1 aromatic rings. The number of hydrogen-bond donors (Lipinski definition) is 0. The molecule has 27 heavy (non-hydrogen) atoms. The van der Waals surface area contributed by atoms with E-state index in [2.05, 4.69) is 90.8 Å². The molecule has 1 atom stereocenters. The summed E-state index contributed by atoms with van der Waals surface area (Å²) in [5, 5.41) is 0. The Morgan fingerprint density at radius 2 is 1.63 bits per heavy atom. The van der Waals surface area contributed by atoms with Crippen LogP contribution in [0.2, 0.25) is 0 Å². The first-order chi connectivity index (χ1) is 12.1. The number of nitrogens with zero attached hydrogens (tertiary/aromatic N) is 1. The molecule has 1 aliphatic heterocycles. The third-order valence-electron chi connectivity index (χ3n) is 5.06. The lowest BCUT2D eigenvalue weighted by atomic mass is 10.1. The number of hydrogen-bond acceptors (Lipinski definition) is 2. The summed E-state index contributed by atoms with van der Waals surface area (Å²) in [5.74, 6) is 0.871. The highest BCUT2D eigenvalue weighted by atomic mass is 79.9. The molecular weight excluding hydrogens is 674 g/mol. The summed E-state index contributed by atoms with van der Waals surface area (Å²) in [7, 11) is 4.51. The number of unbranched alkanes of at least 4 members (excludes halogenated alkanes) is 3. The van der Waals surface area contributed by atoms with E-state index in [0.717, 1.165) is 54.3 Å². The van der Waals surface area contributed by atoms with Crippen molar-refractivity contribution in [2.45, 2.75) is 44.8 Å². The Bertz CT molecular complexity index is 642. The fourth-order valence-corrected chi connectivity index (χ4v) is 5.97. The van der Waals surface area contributed by atoms with Crippen molar-refractivity contribution in [3.63, 3.8) is 0 Å². The van der Waals surface area contributed by atoms with Crippen molar-refractivity contribution in [1.82, 2.24) is 0 Å². The number of quaternary nitrogens is 1. The van der Waals surface area contributed by atoms with Crippen LogP contribution < -0.4 is 21.7 Å². The molecule has 1 heterocycles. The van der Waals surface area contributed by atoms with Gasteiger partial charge in [-0.1, -0.05) is 15.9 Å². The van der Waals surface area contributed by atoms with Crippen LogP contribution in [0, 0.1) is 0 Å². The summed E-state index contributed by atoms with van der Waals surface area (Å²) in [6.45, 7) is 4.03. The van der Waals surface area contributed by atoms with Gasteiger partial charge in [0.25, 0.3) is 0 Å². The molecule has 0 aliphatic carbocycles. The molecule has 154 valence electrons. The summed E-state index contributed by atoms with van der Waals surface area (Å²) in [5.41, 5.74) is -0.165. The minimum atomic E-state index is -0.165. The van der Waals surface area contributed by atoms with Crippen molar-refractivity contribution in [2.24, 2.45) is 0 Å². The molecule has 1 unspecified atom stereocenters. The summed E-state index contributed by atoms with van der Waals surface area (Å²) < 4.78 is 16.6. The van der Waals surface area contributed by atoms with Gasteiger partial charge in [-0.2, -0.15) is 0 Å². The second kappa shape index (κ2) is 11.3. The lowest BCUT2D eigenvalue weighted by Crippen LogP contribution is -3.00. The molecule has 0 bridgehead atoms. The maximum Gasteiger partial charge on any atom is 0.244 e. The quantitative estimate of drug-likeness (QED) is 0.282. The zero-order chi connectivity index (χ0) is 19.4. The first kappa shape index (κ1) is 26.0. The Hall–Kier alpha value is 0.920. The Morgan fingerprint density at radius 1 is 1.04 bits per heavy atom. The molecule has 8 heteroatoms. The van der Waals surface area contributed by atoms with Crippen LogP contribution in [0.15, 0.2) is 36.3 Å². The normalized spacial score (nSPS) is 19.3. The molecule has 0 spiro atoms. The van der Waals surface area contributed by atoms with Gasteiger partial charge >= 0.3 is 0 Å². The van der Waals surface area contributed by atoms with E-state index in [0.29, 0.717) is 0 Å². The van der Waals surface area contributed by atoms with Gasteiger partial charge < -0.3 is 26.5 Å². The predicted molar refractivity (Wildman–Crippen MR) is 122 cm³/mol. The molecule has 0 saturated heterocycles. The lowest BCUT2D eigenvalue weighted by molar-refractivity contribution is -0.962. The molecule has 0 saturated carbocycles. The molecule has 3 nitrogen and oxygen atoms in total. The molecule has 1 aromatic carbocycles. The molecule has 0 radical (unpaired) electrons. The highest BCUT2D eigenvalue weighted by molar-refractivity contribution is 9.12. The fourth-order valence-electron chi connectivity index (χ4n) is 2.97. The monoisotopic (exact) mass is 695 g/mol. The largest absolute Gasteiger partial charge is 1.00 e. The third kappa shape index (κ3) is 7.28. The van der Waals surface area contributed by atoms with Crippen LogP contribution in [0.4, 0.5) is 0 Å². The van der Waals surface area contributed by atoms with Crippen molar-refractivity contribution in [2.75, 3.05) is 27.2 Å². The zero-order valence-electron chi connectivity index (χ0n) is 15.8. The second-order valence-corrected chi connectivity index (χ2v) is 10.8. The van der Waals surface area contributed by atoms with Gasteiger partial charge in [-0.3, -0.25) is 4.48 Å². The van der Waals surface area contributed by atoms with Gasteiger partial charge in [-0.15, -0.1) is 0 Å². The van der Waals surface area contributed by atoms with Crippen LogP contribution in [-0.4, -0.2) is 37.5 Å². The van der Waals surface area contributed by atoms with Gasteiger partial charge in [0.05, 0.1) is 42.6 Å². The maximum atomic E-state index is 6.01. The van der Waals surface area contributed by atoms with Crippen molar-refractivity contribution >= 4 is 63.7 Å². The van der Waals surface area contributed by atoms with Crippen LogP contribution in [0.1, 0.15) is 39.0 Å². The van der Waals surface area contributed by atoms with Crippen molar-refractivity contribution in [3.8, 4) is 5.75 Å². The Kier molecular flexibility index (Phi) is 10.9. The summed E-state index contributed by atoms with van der Waals surface area (Å²) >= 11 is 14.0. The van der Waals surface area contributed by atoms with Crippen LogP contribution >= 0.6 is 63.7 Å². The SMILES string of the molecule is CC1([N+](C)(C)CCCCCCOc2c(Br)cc(Br)cc2Br)CC=C(Br)O1.[Br-]. The van der Waals surface area contributed by atoms with E-state index in [9.17, 15) is 0 Å². The molecule has 0 fully saturated rings. The van der Waals surface area contributed by atoms with E-state index in [1.54, 1.807) is 0 Å². The van der Waals surface area contributed by atoms with Gasteiger partial charge in [0, 0.05) is 11.4 Å². The Labute approximate surface area is 207 Å². The first-order valence-electron chi connectivity index (χ1n) is 8.80. The molecular formula is C19H26Br5NO2. The van der Waals surface area contributed by atoms with Crippen LogP contribution in [0.25, 0.3) is 0 Å². The van der Waals surface area contributed by atoms with Crippen LogP contribution in [-0.2, 0) is 4.74 Å². The molecule has 1 aliphatic rings. The molecule has 0 aromatic heterocycles. The molecule has 2 rings (SSSR count). The van der Waals surface area contributed by atoms with Crippen molar-refractivity contribution in [3.05, 3.63) is 36.3 Å². The topological polar surface area (TPSA) is 18.5 Å². The number of rotatable bonds is 9. The summed E-state index contributed by atoms with van der Waals surface area (Å²) in [6.07, 6.45) is 7.70. The highest BCUT2D eigenvalue weighted by Gasteiger charge is 2.45. The van der Waals surface area contributed by atoms with Gasteiger partial charge in [0.1, 0.15) is 5.75 Å². The number of benzene rings is 1. The van der Waals surface area contributed by atoms with Gasteiger partial charge in [-0.05, 0) is 91.7 Å². The minimum Gasteiger partial charge on any atom is -1.00 e. The average molecular weight is 700 g/mol. The fraction of sp³-hybridized carbons (Fsp3) is 0.579. The molecule has 0 amide bonds. The van der Waals surface area contributed by atoms with Crippen LogP contribution in [0.3, 0.4) is 0 Å². The van der Waals surface area contributed by atoms with Gasteiger partial charge in [0.15, 0.2) is 4.67 Å². The second-order valence-electron chi connectivity index (χ2n) is 7.36. The Morgan fingerprint density at radius 3 is 2.19 bits per heavy atom. The van der Waals surface area contributed by atoms with Crippen molar-refractivity contribution < 1.29 is 30.9 Å². The number of ether oxygens (including phenoxy) is 2. The van der Waals surface area contributed by atoms with Crippen LogP contribution in [0.5, 0.6) is 5.75 Å². The average Bonchev–Trinajstić information content (AvgIpc) is 2.89. The standard InChI is InChI=1S/C19H26Br4NO2.BrH/c1-19(9-8-17(23)26-19)24(2,3)10-6-4-5-7-11-25-18-15(21)12-14(20)13-16(18)22;/h8,12-13H,4-7,9-11H2,1-3H3;1H/q+1;/p-1. The van der Waals surface area contributed by atoms with Gasteiger partial charge in [-0.25, -0.2) is 0 Å². The highest BCUT2D eigenvalue weighted by Crippen LogP contribution is 2.38. The van der Waals surface area contributed by atoms with Crippen molar-refractivity contribution in [1.29, 1.82) is 0 Å². The first-order valence-corrected chi connectivity index (χ1v) is 12.0. The van der Waals surface area contributed by atoms with E-state index in [-0.39, 0.29) is 22.7 Å². The van der Waals surface area contributed by atoms with E-state index >= 15 is 0 Å². The molecule has 0 N–H and O–H groups in total. The van der Waals surface area contributed by atoms with E-state index < -0.39 is 0 Å². The van der Waals surface area contributed by atoms with Gasteiger partial charge in [0.2, 0.25) is 5.72 Å². The van der Waals surface area contributed by atoms with E-state index in [1.807, 2.05) is 12.1 Å². The van der Waals surface area contributed by atoms with E-state index in [4.69, 9.17) is 9.47 Å². The smallest absolute Gasteiger partial charge is 0.244 e. The third-order valence-corrected chi connectivity index (χ3v) is 7.18.